The van der Waals surface area contributed by atoms with Crippen molar-refractivity contribution in [3.8, 4) is 11.3 Å². The average Bonchev–Trinajstić information content (AvgIpc) is 3.32. The van der Waals surface area contributed by atoms with Crippen molar-refractivity contribution in [3.63, 3.8) is 0 Å². The number of fused-ring (bicyclic) bond motifs is 1. The lowest BCUT2D eigenvalue weighted by atomic mass is 10.1. The van der Waals surface area contributed by atoms with Crippen molar-refractivity contribution in [2.75, 3.05) is 6.61 Å². The molecule has 5 heteroatoms. The number of aromatic nitrogens is 3. The van der Waals surface area contributed by atoms with Gasteiger partial charge in [0.25, 0.3) is 0 Å². The van der Waals surface area contributed by atoms with Crippen LogP contribution in [-0.2, 0) is 4.74 Å². The van der Waals surface area contributed by atoms with Crippen molar-refractivity contribution in [1.29, 1.82) is 0 Å². The molecule has 0 aliphatic heterocycles. The molecule has 122 valence electrons. The van der Waals surface area contributed by atoms with Crippen molar-refractivity contribution in [2.45, 2.75) is 25.7 Å². The van der Waals surface area contributed by atoms with E-state index in [1.54, 1.807) is 6.20 Å². The first kappa shape index (κ1) is 15.2. The molecule has 2 heterocycles. The van der Waals surface area contributed by atoms with Gasteiger partial charge in [0.15, 0.2) is 0 Å². The van der Waals surface area contributed by atoms with E-state index in [1.807, 2.05) is 35.7 Å². The van der Waals surface area contributed by atoms with Gasteiger partial charge in [-0.3, -0.25) is 4.40 Å². The fourth-order valence-corrected chi connectivity index (χ4v) is 3.09. The van der Waals surface area contributed by atoms with E-state index in [1.165, 1.54) is 12.8 Å². The quantitative estimate of drug-likeness (QED) is 0.618. The molecule has 24 heavy (non-hydrogen) atoms. The molecule has 2 aromatic heterocycles. The minimum Gasteiger partial charge on any atom is -0.494 e. The highest BCUT2D eigenvalue weighted by atomic mass is 35.5. The second-order valence-electron chi connectivity index (χ2n) is 5.99. The zero-order valence-electron chi connectivity index (χ0n) is 13.5. The Kier molecular flexibility index (Phi) is 3.77. The third-order valence-electron chi connectivity index (χ3n) is 4.27. The third kappa shape index (κ3) is 2.67. The van der Waals surface area contributed by atoms with E-state index in [0.717, 1.165) is 22.5 Å². The van der Waals surface area contributed by atoms with Gasteiger partial charge in [-0.2, -0.15) is 0 Å². The zero-order valence-corrected chi connectivity index (χ0v) is 14.3. The van der Waals surface area contributed by atoms with Gasteiger partial charge < -0.3 is 4.74 Å². The number of halogens is 1. The first-order valence-electron chi connectivity index (χ1n) is 8.13. The highest BCUT2D eigenvalue weighted by Gasteiger charge is 2.26. The molecule has 0 amide bonds. The Morgan fingerprint density at radius 2 is 2.21 bits per heavy atom. The molecule has 3 aromatic rings. The fourth-order valence-electron chi connectivity index (χ4n) is 2.87. The molecular weight excluding hydrogens is 322 g/mol. The van der Waals surface area contributed by atoms with E-state index < -0.39 is 0 Å². The number of imidazole rings is 1. The maximum atomic E-state index is 6.50. The zero-order chi connectivity index (χ0) is 16.7. The van der Waals surface area contributed by atoms with E-state index in [0.29, 0.717) is 29.1 Å². The smallest absolute Gasteiger partial charge is 0.234 e. The summed E-state index contributed by atoms with van der Waals surface area (Å²) < 4.78 is 7.51. The Labute approximate surface area is 145 Å². The van der Waals surface area contributed by atoms with Gasteiger partial charge in [0.05, 0.1) is 12.3 Å². The predicted molar refractivity (Wildman–Crippen MR) is 96.1 cm³/mol. The maximum absolute atomic E-state index is 6.50. The normalized spacial score (nSPS) is 14.1. The van der Waals surface area contributed by atoms with E-state index >= 15 is 0 Å². The summed E-state index contributed by atoms with van der Waals surface area (Å²) in [6, 6.07) is 7.96. The Morgan fingerprint density at radius 1 is 1.38 bits per heavy atom. The SMILES string of the molecule is C=C(OCC)c1ccc(Cl)c(-c2cc(C3CC3)nc3nccn23)c1. The van der Waals surface area contributed by atoms with Gasteiger partial charge in [-0.25, -0.2) is 9.97 Å². The molecule has 0 N–H and O–H groups in total. The molecule has 4 nitrogen and oxygen atoms in total. The van der Waals surface area contributed by atoms with E-state index in [2.05, 4.69) is 22.6 Å². The minimum absolute atomic E-state index is 0.547. The summed E-state index contributed by atoms with van der Waals surface area (Å²) in [4.78, 5) is 9.03. The summed E-state index contributed by atoms with van der Waals surface area (Å²) in [5.41, 5.74) is 3.95. The Morgan fingerprint density at radius 3 is 2.96 bits per heavy atom. The summed E-state index contributed by atoms with van der Waals surface area (Å²) in [5.74, 6) is 1.90. The van der Waals surface area contributed by atoms with Crippen LogP contribution in [0.2, 0.25) is 5.02 Å². The number of rotatable bonds is 5. The van der Waals surface area contributed by atoms with Crippen molar-refractivity contribution in [3.05, 3.63) is 59.5 Å². The topological polar surface area (TPSA) is 39.4 Å². The lowest BCUT2D eigenvalue weighted by Crippen LogP contribution is -1.99. The Hall–Kier alpha value is -2.33. The number of ether oxygens (including phenoxy) is 1. The van der Waals surface area contributed by atoms with Crippen molar-refractivity contribution in [1.82, 2.24) is 14.4 Å². The monoisotopic (exact) mass is 339 g/mol. The van der Waals surface area contributed by atoms with Crippen LogP contribution in [0, 0.1) is 0 Å². The standard InChI is InChI=1S/C19H18ClN3O/c1-3-24-12(2)14-6-7-16(20)15(10-14)18-11-17(13-4-5-13)22-19-21-8-9-23(18)19/h6-11,13H,2-5H2,1H3. The summed E-state index contributed by atoms with van der Waals surface area (Å²) >= 11 is 6.50. The summed E-state index contributed by atoms with van der Waals surface area (Å²) in [5, 5.41) is 0.686. The van der Waals surface area contributed by atoms with Crippen LogP contribution in [0.1, 0.15) is 36.9 Å². The van der Waals surface area contributed by atoms with Crippen molar-refractivity contribution in [2.24, 2.45) is 0 Å². The van der Waals surface area contributed by atoms with Gasteiger partial charge in [-0.1, -0.05) is 18.2 Å². The second kappa shape index (κ2) is 5.95. The largest absolute Gasteiger partial charge is 0.494 e. The summed E-state index contributed by atoms with van der Waals surface area (Å²) in [7, 11) is 0. The van der Waals surface area contributed by atoms with Crippen LogP contribution >= 0.6 is 11.6 Å². The summed E-state index contributed by atoms with van der Waals surface area (Å²) in [6.07, 6.45) is 6.06. The van der Waals surface area contributed by atoms with Crippen LogP contribution in [0.25, 0.3) is 22.8 Å². The summed E-state index contributed by atoms with van der Waals surface area (Å²) in [6.45, 7) is 6.52. The van der Waals surface area contributed by atoms with Gasteiger partial charge in [0.2, 0.25) is 5.78 Å². The molecule has 0 unspecified atom stereocenters. The van der Waals surface area contributed by atoms with Crippen LogP contribution in [-0.4, -0.2) is 21.0 Å². The first-order valence-corrected chi connectivity index (χ1v) is 8.51. The van der Waals surface area contributed by atoms with Crippen molar-refractivity contribution < 1.29 is 4.74 Å². The van der Waals surface area contributed by atoms with Crippen LogP contribution < -0.4 is 0 Å². The van der Waals surface area contributed by atoms with E-state index in [9.17, 15) is 0 Å². The van der Waals surface area contributed by atoms with E-state index in [-0.39, 0.29) is 0 Å². The molecule has 1 aromatic carbocycles. The molecular formula is C19H18ClN3O. The number of hydrogen-bond acceptors (Lipinski definition) is 3. The minimum atomic E-state index is 0.547. The lowest BCUT2D eigenvalue weighted by molar-refractivity contribution is 0.299. The molecule has 1 saturated carbocycles. The highest BCUT2D eigenvalue weighted by molar-refractivity contribution is 6.33. The average molecular weight is 340 g/mol. The fraction of sp³-hybridized carbons (Fsp3) is 0.263. The molecule has 1 aliphatic carbocycles. The van der Waals surface area contributed by atoms with Crippen molar-refractivity contribution >= 4 is 23.1 Å². The molecule has 0 saturated heterocycles. The molecule has 0 radical (unpaired) electrons. The molecule has 4 rings (SSSR count). The molecule has 1 fully saturated rings. The highest BCUT2D eigenvalue weighted by Crippen LogP contribution is 2.41. The van der Waals surface area contributed by atoms with Crippen LogP contribution in [0.3, 0.4) is 0 Å². The van der Waals surface area contributed by atoms with Crippen LogP contribution in [0.4, 0.5) is 0 Å². The molecule has 0 spiro atoms. The van der Waals surface area contributed by atoms with Gasteiger partial charge in [0.1, 0.15) is 5.76 Å². The second-order valence-corrected chi connectivity index (χ2v) is 6.40. The number of hydrogen-bond donors (Lipinski definition) is 0. The third-order valence-corrected chi connectivity index (χ3v) is 4.60. The Balaban J connectivity index is 1.88. The van der Waals surface area contributed by atoms with Gasteiger partial charge in [-0.15, -0.1) is 0 Å². The number of benzene rings is 1. The van der Waals surface area contributed by atoms with Crippen LogP contribution in [0.15, 0.2) is 43.2 Å². The number of nitrogens with zero attached hydrogens (tertiary/aromatic N) is 3. The van der Waals surface area contributed by atoms with Gasteiger partial charge in [-0.05, 0) is 44.0 Å². The molecule has 0 atom stereocenters. The van der Waals surface area contributed by atoms with Gasteiger partial charge >= 0.3 is 0 Å². The lowest BCUT2D eigenvalue weighted by Gasteiger charge is -2.13. The van der Waals surface area contributed by atoms with E-state index in [4.69, 9.17) is 16.3 Å². The predicted octanol–water partition coefficient (Wildman–Crippen LogP) is 4.93. The first-order chi connectivity index (χ1) is 11.7. The van der Waals surface area contributed by atoms with Gasteiger partial charge in [0, 0.05) is 40.2 Å². The molecule has 0 bridgehead atoms. The van der Waals surface area contributed by atoms with Crippen LogP contribution in [0.5, 0.6) is 0 Å². The Bertz CT molecular complexity index is 928. The maximum Gasteiger partial charge on any atom is 0.234 e. The molecule has 1 aliphatic rings.